The van der Waals surface area contributed by atoms with E-state index < -0.39 is 0 Å². The van der Waals surface area contributed by atoms with Gasteiger partial charge in [0.1, 0.15) is 17.2 Å². The number of thioether (sulfide) groups is 1. The SMILES string of the molecule is CN(Cc1ccncc1)C(=O)c1[nH]c(SCc2c(F)cccc2Cl)nc1-c1ccc(Cl)cc1. The molecule has 0 saturated carbocycles. The highest BCUT2D eigenvalue weighted by Gasteiger charge is 2.22. The van der Waals surface area contributed by atoms with E-state index in [1.165, 1.54) is 17.8 Å². The molecule has 0 bridgehead atoms. The molecule has 0 aliphatic rings. The highest BCUT2D eigenvalue weighted by Crippen LogP contribution is 2.31. The van der Waals surface area contributed by atoms with E-state index in [4.69, 9.17) is 23.2 Å². The summed E-state index contributed by atoms with van der Waals surface area (Å²) in [7, 11) is 1.72. The van der Waals surface area contributed by atoms with Crippen LogP contribution in [0.3, 0.4) is 0 Å². The monoisotopic (exact) mass is 500 g/mol. The Morgan fingerprint density at radius 3 is 2.52 bits per heavy atom. The van der Waals surface area contributed by atoms with Crippen molar-refractivity contribution in [2.75, 3.05) is 7.05 Å². The number of aromatic nitrogens is 3. The summed E-state index contributed by atoms with van der Waals surface area (Å²) in [5, 5.41) is 1.42. The molecule has 0 aliphatic heterocycles. The maximum atomic E-state index is 14.2. The first-order valence-corrected chi connectivity index (χ1v) is 11.7. The Labute approximate surface area is 205 Å². The number of hydrogen-bond donors (Lipinski definition) is 1. The first-order valence-electron chi connectivity index (χ1n) is 9.98. The quantitative estimate of drug-likeness (QED) is 0.295. The maximum absolute atomic E-state index is 14.2. The average molecular weight is 501 g/mol. The van der Waals surface area contributed by atoms with Crippen molar-refractivity contribution in [3.8, 4) is 11.3 Å². The summed E-state index contributed by atoms with van der Waals surface area (Å²) in [6, 6.07) is 15.4. The lowest BCUT2D eigenvalue weighted by Crippen LogP contribution is -2.27. The molecule has 0 spiro atoms. The summed E-state index contributed by atoms with van der Waals surface area (Å²) in [5.74, 6) is -0.340. The molecule has 0 unspecified atom stereocenters. The molecule has 0 saturated heterocycles. The van der Waals surface area contributed by atoms with E-state index in [9.17, 15) is 9.18 Å². The summed E-state index contributed by atoms with van der Waals surface area (Å²) < 4.78 is 14.2. The van der Waals surface area contributed by atoms with E-state index in [0.717, 1.165) is 11.1 Å². The number of aromatic amines is 1. The molecule has 168 valence electrons. The summed E-state index contributed by atoms with van der Waals surface area (Å²) in [5.41, 5.74) is 2.93. The molecule has 0 radical (unpaired) electrons. The molecule has 9 heteroatoms. The molecular weight excluding hydrogens is 482 g/mol. The van der Waals surface area contributed by atoms with E-state index in [1.807, 2.05) is 12.1 Å². The minimum absolute atomic E-state index is 0.222. The van der Waals surface area contributed by atoms with Gasteiger partial charge in [0.2, 0.25) is 0 Å². The van der Waals surface area contributed by atoms with Gasteiger partial charge in [-0.1, -0.05) is 53.2 Å². The molecule has 0 fully saturated rings. The zero-order chi connectivity index (χ0) is 23.4. The molecule has 0 aliphatic carbocycles. The second kappa shape index (κ2) is 10.4. The van der Waals surface area contributed by atoms with Crippen molar-refractivity contribution < 1.29 is 9.18 Å². The molecule has 1 N–H and O–H groups in total. The largest absolute Gasteiger partial charge is 0.336 e. The van der Waals surface area contributed by atoms with Crippen LogP contribution in [-0.2, 0) is 12.3 Å². The van der Waals surface area contributed by atoms with E-state index in [1.54, 1.807) is 60.7 Å². The minimum Gasteiger partial charge on any atom is -0.336 e. The fourth-order valence-corrected chi connectivity index (χ4v) is 4.57. The van der Waals surface area contributed by atoms with Crippen molar-refractivity contribution in [1.29, 1.82) is 0 Å². The van der Waals surface area contributed by atoms with Crippen LogP contribution in [0.1, 0.15) is 21.6 Å². The summed E-state index contributed by atoms with van der Waals surface area (Å²) in [4.78, 5) is 26.7. The number of rotatable bonds is 7. The standard InChI is InChI=1S/C24H19Cl2FN4OS/c1-31(13-15-9-11-28-12-10-15)23(32)22-21(16-5-7-17(25)8-6-16)29-24(30-22)33-14-18-19(26)3-2-4-20(18)27/h2-12H,13-14H2,1H3,(H,29,30). The van der Waals surface area contributed by atoms with Crippen molar-refractivity contribution >= 4 is 40.9 Å². The number of halogens is 3. The Bertz CT molecular complexity index is 1250. The van der Waals surface area contributed by atoms with Gasteiger partial charge in [-0.25, -0.2) is 9.37 Å². The predicted octanol–water partition coefficient (Wildman–Crippen LogP) is 6.48. The number of carbonyl (C=O) groups is 1. The number of hydrogen-bond acceptors (Lipinski definition) is 4. The number of benzene rings is 2. The molecule has 2 aromatic heterocycles. The molecule has 0 atom stereocenters. The van der Waals surface area contributed by atoms with Crippen molar-refractivity contribution in [2.45, 2.75) is 17.5 Å². The number of nitrogens with zero attached hydrogens (tertiary/aromatic N) is 3. The summed E-state index contributed by atoms with van der Waals surface area (Å²) >= 11 is 13.5. The topological polar surface area (TPSA) is 61.9 Å². The van der Waals surface area contributed by atoms with Gasteiger partial charge in [0.25, 0.3) is 5.91 Å². The van der Waals surface area contributed by atoms with Crippen LogP contribution in [0.5, 0.6) is 0 Å². The van der Waals surface area contributed by atoms with Crippen molar-refractivity contribution in [1.82, 2.24) is 19.9 Å². The summed E-state index contributed by atoms with van der Waals surface area (Å²) in [6.45, 7) is 0.410. The molecular formula is C24H19Cl2FN4OS. The Kier molecular flexibility index (Phi) is 7.33. The van der Waals surface area contributed by atoms with Gasteiger partial charge >= 0.3 is 0 Å². The normalized spacial score (nSPS) is 10.9. The van der Waals surface area contributed by atoms with Crippen LogP contribution in [0.25, 0.3) is 11.3 Å². The van der Waals surface area contributed by atoms with E-state index in [-0.39, 0.29) is 17.5 Å². The van der Waals surface area contributed by atoms with Crippen LogP contribution in [0, 0.1) is 5.82 Å². The Morgan fingerprint density at radius 2 is 1.82 bits per heavy atom. The number of amides is 1. The number of H-pyrrole nitrogens is 1. The van der Waals surface area contributed by atoms with Gasteiger partial charge in [0.05, 0.1) is 0 Å². The third kappa shape index (κ3) is 5.55. The van der Waals surface area contributed by atoms with Crippen molar-refractivity contribution in [3.05, 3.63) is 99.7 Å². The number of pyridine rings is 1. The molecule has 4 rings (SSSR count). The van der Waals surface area contributed by atoms with Crippen LogP contribution < -0.4 is 0 Å². The van der Waals surface area contributed by atoms with E-state index in [0.29, 0.717) is 38.7 Å². The molecule has 4 aromatic rings. The molecule has 2 heterocycles. The second-order valence-electron chi connectivity index (χ2n) is 7.28. The first kappa shape index (κ1) is 23.3. The van der Waals surface area contributed by atoms with Crippen molar-refractivity contribution in [2.24, 2.45) is 0 Å². The van der Waals surface area contributed by atoms with Gasteiger partial charge in [-0.2, -0.15) is 0 Å². The number of carbonyl (C=O) groups excluding carboxylic acids is 1. The fraction of sp³-hybridized carbons (Fsp3) is 0.125. The fourth-order valence-electron chi connectivity index (χ4n) is 3.23. The van der Waals surface area contributed by atoms with E-state index >= 15 is 0 Å². The highest BCUT2D eigenvalue weighted by molar-refractivity contribution is 7.98. The smallest absolute Gasteiger partial charge is 0.272 e. The summed E-state index contributed by atoms with van der Waals surface area (Å²) in [6.07, 6.45) is 3.37. The zero-order valence-electron chi connectivity index (χ0n) is 17.6. The molecule has 2 aromatic carbocycles. The molecule has 1 amide bonds. The Morgan fingerprint density at radius 1 is 1.09 bits per heavy atom. The van der Waals surface area contributed by atoms with Crippen LogP contribution in [0.15, 0.2) is 72.1 Å². The van der Waals surface area contributed by atoms with Gasteiger partial charge in [-0.3, -0.25) is 9.78 Å². The first-order chi connectivity index (χ1) is 15.9. The average Bonchev–Trinajstić information content (AvgIpc) is 3.23. The maximum Gasteiger partial charge on any atom is 0.272 e. The minimum atomic E-state index is -0.382. The van der Waals surface area contributed by atoms with Gasteiger partial charge < -0.3 is 9.88 Å². The van der Waals surface area contributed by atoms with Gasteiger partial charge in [0, 0.05) is 52.9 Å². The van der Waals surface area contributed by atoms with Crippen LogP contribution >= 0.6 is 35.0 Å². The Hall–Kier alpha value is -2.87. The lowest BCUT2D eigenvalue weighted by molar-refractivity contribution is 0.0780. The van der Waals surface area contributed by atoms with Crippen LogP contribution in [-0.4, -0.2) is 32.8 Å². The van der Waals surface area contributed by atoms with Gasteiger partial charge in [-0.05, 0) is 42.0 Å². The zero-order valence-corrected chi connectivity index (χ0v) is 19.9. The van der Waals surface area contributed by atoms with Gasteiger partial charge in [-0.15, -0.1) is 0 Å². The van der Waals surface area contributed by atoms with E-state index in [2.05, 4.69) is 15.0 Å². The third-order valence-electron chi connectivity index (χ3n) is 4.94. The van der Waals surface area contributed by atoms with Crippen molar-refractivity contribution in [3.63, 3.8) is 0 Å². The number of imidazole rings is 1. The number of nitrogens with one attached hydrogen (secondary N) is 1. The Balaban J connectivity index is 1.63. The third-order valence-corrected chi connectivity index (χ3v) is 6.45. The lowest BCUT2D eigenvalue weighted by Gasteiger charge is -2.17. The van der Waals surface area contributed by atoms with Crippen LogP contribution in [0.4, 0.5) is 4.39 Å². The molecule has 5 nitrogen and oxygen atoms in total. The second-order valence-corrected chi connectivity index (χ2v) is 9.09. The predicted molar refractivity (Wildman–Crippen MR) is 130 cm³/mol. The lowest BCUT2D eigenvalue weighted by atomic mass is 10.1. The highest BCUT2D eigenvalue weighted by atomic mass is 35.5. The van der Waals surface area contributed by atoms with Crippen LogP contribution in [0.2, 0.25) is 10.0 Å². The van der Waals surface area contributed by atoms with Gasteiger partial charge in [0.15, 0.2) is 5.16 Å². The molecule has 33 heavy (non-hydrogen) atoms.